The Morgan fingerprint density at radius 2 is 1.50 bits per heavy atom. The zero-order chi connectivity index (χ0) is 18.4. The molecule has 140 valence electrons. The molecule has 3 rings (SSSR count). The van der Waals surface area contributed by atoms with E-state index in [0.717, 1.165) is 18.7 Å². The van der Waals surface area contributed by atoms with E-state index in [2.05, 4.69) is 33.9 Å². The number of nitrogens with one attached hydrogen (secondary N) is 1. The first-order valence-corrected chi connectivity index (χ1v) is 10.7. The first-order valence-electron chi connectivity index (χ1n) is 9.07. The van der Waals surface area contributed by atoms with Crippen molar-refractivity contribution in [1.82, 2.24) is 4.72 Å². The predicted molar refractivity (Wildman–Crippen MR) is 103 cm³/mol. The van der Waals surface area contributed by atoms with Crippen LogP contribution in [0.1, 0.15) is 30.4 Å². The Balaban J connectivity index is 1.48. The zero-order valence-corrected chi connectivity index (χ0v) is 15.6. The largest absolute Gasteiger partial charge is 0.372 e. The van der Waals surface area contributed by atoms with Gasteiger partial charge in [-0.2, -0.15) is 0 Å². The van der Waals surface area contributed by atoms with E-state index < -0.39 is 10.0 Å². The zero-order valence-electron chi connectivity index (χ0n) is 14.8. The summed E-state index contributed by atoms with van der Waals surface area (Å²) in [7, 11) is -3.42. The third-order valence-electron chi connectivity index (χ3n) is 4.66. The summed E-state index contributed by atoms with van der Waals surface area (Å²) in [5.74, 6) is -0.506. The predicted octanol–water partition coefficient (Wildman–Crippen LogP) is 3.48. The summed E-state index contributed by atoms with van der Waals surface area (Å²) in [5.41, 5.74) is 2.92. The van der Waals surface area contributed by atoms with Gasteiger partial charge in [-0.1, -0.05) is 24.3 Å². The van der Waals surface area contributed by atoms with Crippen LogP contribution < -0.4 is 9.62 Å². The number of sulfonamides is 1. The van der Waals surface area contributed by atoms with E-state index in [1.165, 1.54) is 49.2 Å². The number of halogens is 1. The highest BCUT2D eigenvalue weighted by atomic mass is 32.2. The van der Waals surface area contributed by atoms with Gasteiger partial charge < -0.3 is 4.90 Å². The van der Waals surface area contributed by atoms with Crippen molar-refractivity contribution in [1.29, 1.82) is 0 Å². The molecule has 0 bridgehead atoms. The molecule has 1 saturated heterocycles. The minimum Gasteiger partial charge on any atom is -0.372 e. The van der Waals surface area contributed by atoms with Crippen molar-refractivity contribution < 1.29 is 12.8 Å². The molecule has 4 nitrogen and oxygen atoms in total. The van der Waals surface area contributed by atoms with Crippen LogP contribution in [-0.2, 0) is 22.2 Å². The molecule has 0 spiro atoms. The average Bonchev–Trinajstić information content (AvgIpc) is 2.65. The van der Waals surface area contributed by atoms with Crippen LogP contribution in [0.5, 0.6) is 0 Å². The molecule has 0 aliphatic carbocycles. The number of piperidine rings is 1. The number of benzene rings is 2. The fraction of sp³-hybridized carbons (Fsp3) is 0.400. The summed E-state index contributed by atoms with van der Waals surface area (Å²) in [5, 5.41) is 0. The van der Waals surface area contributed by atoms with Crippen LogP contribution >= 0.6 is 0 Å². The van der Waals surface area contributed by atoms with Crippen molar-refractivity contribution >= 4 is 15.7 Å². The minimum atomic E-state index is -3.42. The third kappa shape index (κ3) is 5.54. The van der Waals surface area contributed by atoms with E-state index in [1.807, 2.05) is 0 Å². The van der Waals surface area contributed by atoms with Gasteiger partial charge in [0.15, 0.2) is 0 Å². The maximum atomic E-state index is 12.9. The van der Waals surface area contributed by atoms with Crippen LogP contribution in [0.4, 0.5) is 10.1 Å². The molecule has 0 saturated carbocycles. The fourth-order valence-electron chi connectivity index (χ4n) is 3.23. The summed E-state index contributed by atoms with van der Waals surface area (Å²) < 4.78 is 39.8. The first kappa shape index (κ1) is 18.9. The quantitative estimate of drug-likeness (QED) is 0.805. The lowest BCUT2D eigenvalue weighted by Gasteiger charge is -2.28. The maximum Gasteiger partial charge on any atom is 0.215 e. The number of hydrogen-bond donors (Lipinski definition) is 1. The van der Waals surface area contributed by atoms with Gasteiger partial charge in [-0.25, -0.2) is 17.5 Å². The molecule has 0 unspecified atom stereocenters. The highest BCUT2D eigenvalue weighted by molar-refractivity contribution is 7.88. The van der Waals surface area contributed by atoms with E-state index in [1.54, 1.807) is 0 Å². The Kier molecular flexibility index (Phi) is 6.27. The van der Waals surface area contributed by atoms with Crippen LogP contribution in [0.15, 0.2) is 48.5 Å². The van der Waals surface area contributed by atoms with Crippen LogP contribution in [0.25, 0.3) is 0 Å². The lowest BCUT2D eigenvalue weighted by atomic mass is 10.1. The van der Waals surface area contributed by atoms with Crippen LogP contribution in [0, 0.1) is 5.82 Å². The van der Waals surface area contributed by atoms with Crippen molar-refractivity contribution in [2.45, 2.75) is 31.4 Å². The van der Waals surface area contributed by atoms with Crippen LogP contribution in [0.3, 0.4) is 0 Å². The summed E-state index contributed by atoms with van der Waals surface area (Å²) in [6.45, 7) is 2.58. The van der Waals surface area contributed by atoms with E-state index in [0.29, 0.717) is 18.5 Å². The molecule has 1 fully saturated rings. The lowest BCUT2D eigenvalue weighted by molar-refractivity contribution is 0.577. The van der Waals surface area contributed by atoms with Gasteiger partial charge in [-0.3, -0.25) is 0 Å². The summed E-state index contributed by atoms with van der Waals surface area (Å²) in [6.07, 6.45) is 4.45. The van der Waals surface area contributed by atoms with Crippen molar-refractivity contribution in [3.8, 4) is 0 Å². The second-order valence-electron chi connectivity index (χ2n) is 6.74. The monoisotopic (exact) mass is 376 g/mol. The van der Waals surface area contributed by atoms with E-state index in [4.69, 9.17) is 0 Å². The summed E-state index contributed by atoms with van der Waals surface area (Å²) in [4.78, 5) is 2.40. The van der Waals surface area contributed by atoms with Gasteiger partial charge in [-0.15, -0.1) is 0 Å². The smallest absolute Gasteiger partial charge is 0.215 e. The SMILES string of the molecule is O=S(=O)(Cc1ccc(F)cc1)NCCc1ccc(N2CCCCC2)cc1. The lowest BCUT2D eigenvalue weighted by Crippen LogP contribution is -2.29. The average molecular weight is 376 g/mol. The van der Waals surface area contributed by atoms with Gasteiger partial charge in [0.05, 0.1) is 5.75 Å². The maximum absolute atomic E-state index is 12.9. The second kappa shape index (κ2) is 8.64. The van der Waals surface area contributed by atoms with Crippen LogP contribution in [0.2, 0.25) is 0 Å². The molecule has 0 atom stereocenters. The summed E-state index contributed by atoms with van der Waals surface area (Å²) in [6, 6.07) is 13.9. The Morgan fingerprint density at radius 3 is 2.15 bits per heavy atom. The fourth-order valence-corrected chi connectivity index (χ4v) is 4.37. The molecule has 26 heavy (non-hydrogen) atoms. The van der Waals surface area contributed by atoms with E-state index >= 15 is 0 Å². The third-order valence-corrected chi connectivity index (χ3v) is 6.02. The van der Waals surface area contributed by atoms with Crippen molar-refractivity contribution in [3.05, 3.63) is 65.5 Å². The number of rotatable bonds is 7. The molecule has 6 heteroatoms. The molecule has 2 aromatic carbocycles. The Morgan fingerprint density at radius 1 is 0.885 bits per heavy atom. The standard InChI is InChI=1S/C20H25FN2O2S/c21-19-8-4-18(5-9-19)16-26(24,25)22-13-12-17-6-10-20(11-7-17)23-14-2-1-3-15-23/h4-11,22H,1-3,12-16H2. The van der Waals surface area contributed by atoms with Crippen molar-refractivity contribution in [3.63, 3.8) is 0 Å². The first-order chi connectivity index (χ1) is 12.5. The van der Waals surface area contributed by atoms with Gasteiger partial charge in [0.25, 0.3) is 0 Å². The van der Waals surface area contributed by atoms with Crippen molar-refractivity contribution in [2.24, 2.45) is 0 Å². The highest BCUT2D eigenvalue weighted by Crippen LogP contribution is 2.20. The van der Waals surface area contributed by atoms with Gasteiger partial charge in [0.2, 0.25) is 10.0 Å². The number of hydrogen-bond acceptors (Lipinski definition) is 3. The second-order valence-corrected chi connectivity index (χ2v) is 8.55. The topological polar surface area (TPSA) is 49.4 Å². The number of anilines is 1. The van der Waals surface area contributed by atoms with Gasteiger partial charge in [0, 0.05) is 25.3 Å². The molecule has 1 N–H and O–H groups in total. The van der Waals surface area contributed by atoms with E-state index in [9.17, 15) is 12.8 Å². The molecular weight excluding hydrogens is 351 g/mol. The molecule has 2 aromatic rings. The van der Waals surface area contributed by atoms with Crippen LogP contribution in [-0.4, -0.2) is 28.1 Å². The molecule has 1 aliphatic heterocycles. The molecule has 0 radical (unpaired) electrons. The molecule has 1 heterocycles. The van der Waals surface area contributed by atoms with Gasteiger partial charge >= 0.3 is 0 Å². The minimum absolute atomic E-state index is 0.138. The van der Waals surface area contributed by atoms with E-state index in [-0.39, 0.29) is 11.6 Å². The molecule has 0 amide bonds. The Bertz CT molecular complexity index is 799. The number of nitrogens with zero attached hydrogens (tertiary/aromatic N) is 1. The molecular formula is C20H25FN2O2S. The Hall–Kier alpha value is -1.92. The molecule has 0 aromatic heterocycles. The molecule has 1 aliphatic rings. The Labute approximate surface area is 155 Å². The van der Waals surface area contributed by atoms with Gasteiger partial charge in [0.1, 0.15) is 5.82 Å². The van der Waals surface area contributed by atoms with Gasteiger partial charge in [-0.05, 0) is 61.1 Å². The van der Waals surface area contributed by atoms with Crippen molar-refractivity contribution in [2.75, 3.05) is 24.5 Å². The normalized spacial score (nSPS) is 15.2. The highest BCUT2D eigenvalue weighted by Gasteiger charge is 2.12. The summed E-state index contributed by atoms with van der Waals surface area (Å²) >= 11 is 0.